The van der Waals surface area contributed by atoms with E-state index in [1.165, 1.54) is 11.3 Å². The highest BCUT2D eigenvalue weighted by molar-refractivity contribution is 7.14. The predicted molar refractivity (Wildman–Crippen MR) is 85.1 cm³/mol. The molecule has 2 aromatic heterocycles. The van der Waals surface area contributed by atoms with Crippen molar-refractivity contribution in [2.75, 3.05) is 12.4 Å². The zero-order valence-electron chi connectivity index (χ0n) is 11.9. The molecule has 0 bridgehead atoms. The number of thiazole rings is 1. The van der Waals surface area contributed by atoms with Crippen molar-refractivity contribution in [2.24, 2.45) is 0 Å². The summed E-state index contributed by atoms with van der Waals surface area (Å²) in [6, 6.07) is 11.0. The zero-order valence-corrected chi connectivity index (χ0v) is 12.7. The summed E-state index contributed by atoms with van der Waals surface area (Å²) >= 11 is 1.37. The molecule has 0 saturated heterocycles. The van der Waals surface area contributed by atoms with Crippen LogP contribution >= 0.6 is 11.3 Å². The van der Waals surface area contributed by atoms with Gasteiger partial charge in [0.2, 0.25) is 5.91 Å². The Morgan fingerprint density at radius 3 is 2.82 bits per heavy atom. The van der Waals surface area contributed by atoms with Crippen molar-refractivity contribution in [3.63, 3.8) is 0 Å². The van der Waals surface area contributed by atoms with Gasteiger partial charge in [-0.2, -0.15) is 0 Å². The number of aromatic nitrogens is 1. The quantitative estimate of drug-likeness (QED) is 0.781. The van der Waals surface area contributed by atoms with E-state index in [1.54, 1.807) is 19.4 Å². The van der Waals surface area contributed by atoms with Crippen LogP contribution in [-0.4, -0.2) is 18.0 Å². The first-order chi connectivity index (χ1) is 10.7. The van der Waals surface area contributed by atoms with Crippen molar-refractivity contribution < 1.29 is 13.9 Å². The normalized spacial score (nSPS) is 10.4. The average molecular weight is 314 g/mol. The minimum absolute atomic E-state index is 0.106. The molecule has 112 valence electrons. The van der Waals surface area contributed by atoms with Gasteiger partial charge in [0.1, 0.15) is 11.4 Å². The molecule has 0 aliphatic carbocycles. The molecule has 1 N–H and O–H groups in total. The lowest BCUT2D eigenvalue weighted by atomic mass is 10.1. The molecule has 0 aliphatic heterocycles. The Morgan fingerprint density at radius 2 is 2.14 bits per heavy atom. The Labute approximate surface area is 131 Å². The zero-order chi connectivity index (χ0) is 15.4. The molecule has 0 fully saturated rings. The second-order valence-electron chi connectivity index (χ2n) is 4.59. The minimum atomic E-state index is -0.106. The van der Waals surface area contributed by atoms with Gasteiger partial charge in [-0.1, -0.05) is 12.1 Å². The van der Waals surface area contributed by atoms with E-state index in [1.807, 2.05) is 35.7 Å². The summed E-state index contributed by atoms with van der Waals surface area (Å²) in [6.45, 7) is 0. The number of rotatable bonds is 5. The SMILES string of the molecule is COc1ccc(CC(=O)Nc2nc(-c3ccco3)cs2)cc1. The average Bonchev–Trinajstić information content (AvgIpc) is 3.19. The molecule has 22 heavy (non-hydrogen) atoms. The highest BCUT2D eigenvalue weighted by Crippen LogP contribution is 2.25. The summed E-state index contributed by atoms with van der Waals surface area (Å²) in [7, 11) is 1.61. The maximum absolute atomic E-state index is 12.0. The fourth-order valence-corrected chi connectivity index (χ4v) is 2.68. The number of nitrogens with zero attached hydrogens (tertiary/aromatic N) is 1. The van der Waals surface area contributed by atoms with Gasteiger partial charge >= 0.3 is 0 Å². The highest BCUT2D eigenvalue weighted by atomic mass is 32.1. The molecule has 0 atom stereocenters. The number of benzene rings is 1. The molecule has 0 unspecified atom stereocenters. The van der Waals surface area contributed by atoms with Crippen molar-refractivity contribution in [2.45, 2.75) is 6.42 Å². The van der Waals surface area contributed by atoms with Crippen LogP contribution in [0.4, 0.5) is 5.13 Å². The smallest absolute Gasteiger partial charge is 0.230 e. The Hall–Kier alpha value is -2.60. The number of carbonyl (C=O) groups is 1. The third-order valence-corrected chi connectivity index (χ3v) is 3.81. The third-order valence-electron chi connectivity index (χ3n) is 3.05. The number of nitrogens with one attached hydrogen (secondary N) is 1. The summed E-state index contributed by atoms with van der Waals surface area (Å²) < 4.78 is 10.4. The molecule has 0 aliphatic rings. The molecule has 0 saturated carbocycles. The van der Waals surface area contributed by atoms with Gasteiger partial charge in [-0.15, -0.1) is 11.3 Å². The third kappa shape index (κ3) is 3.35. The molecule has 1 aromatic carbocycles. The van der Waals surface area contributed by atoms with Crippen LogP contribution in [-0.2, 0) is 11.2 Å². The van der Waals surface area contributed by atoms with Crippen molar-refractivity contribution in [1.29, 1.82) is 0 Å². The first-order valence-corrected chi connectivity index (χ1v) is 7.55. The van der Waals surface area contributed by atoms with Crippen LogP contribution in [0.25, 0.3) is 11.5 Å². The van der Waals surface area contributed by atoms with E-state index >= 15 is 0 Å². The van der Waals surface area contributed by atoms with Crippen LogP contribution in [0.1, 0.15) is 5.56 Å². The lowest BCUT2D eigenvalue weighted by Crippen LogP contribution is -2.14. The van der Waals surface area contributed by atoms with E-state index in [4.69, 9.17) is 9.15 Å². The van der Waals surface area contributed by atoms with E-state index in [0.29, 0.717) is 17.3 Å². The van der Waals surface area contributed by atoms with Crippen molar-refractivity contribution >= 4 is 22.4 Å². The summed E-state index contributed by atoms with van der Waals surface area (Å²) in [6.07, 6.45) is 1.89. The van der Waals surface area contributed by atoms with Gasteiger partial charge in [0, 0.05) is 5.38 Å². The number of methoxy groups -OCH3 is 1. The van der Waals surface area contributed by atoms with Gasteiger partial charge in [0.05, 0.1) is 19.8 Å². The fourth-order valence-electron chi connectivity index (χ4n) is 1.96. The second kappa shape index (κ2) is 6.44. The summed E-state index contributed by atoms with van der Waals surface area (Å²) in [4.78, 5) is 16.4. The predicted octanol–water partition coefficient (Wildman–Crippen LogP) is 3.59. The Kier molecular flexibility index (Phi) is 4.20. The van der Waals surface area contributed by atoms with Gasteiger partial charge in [0.15, 0.2) is 10.9 Å². The molecule has 3 rings (SSSR count). The Morgan fingerprint density at radius 1 is 1.32 bits per heavy atom. The summed E-state index contributed by atoms with van der Waals surface area (Å²) in [5.74, 6) is 1.35. The highest BCUT2D eigenvalue weighted by Gasteiger charge is 2.10. The van der Waals surface area contributed by atoms with Crippen molar-refractivity contribution in [1.82, 2.24) is 4.98 Å². The topological polar surface area (TPSA) is 64.4 Å². The van der Waals surface area contributed by atoms with Gasteiger partial charge in [-0.3, -0.25) is 4.79 Å². The van der Waals surface area contributed by atoms with Crippen LogP contribution in [0.2, 0.25) is 0 Å². The van der Waals surface area contributed by atoms with Crippen LogP contribution < -0.4 is 10.1 Å². The number of hydrogen-bond donors (Lipinski definition) is 1. The number of hydrogen-bond acceptors (Lipinski definition) is 5. The number of furan rings is 1. The monoisotopic (exact) mass is 314 g/mol. The number of carbonyl (C=O) groups excluding carboxylic acids is 1. The Bertz CT molecular complexity index is 748. The lowest BCUT2D eigenvalue weighted by molar-refractivity contribution is -0.115. The van der Waals surface area contributed by atoms with Gasteiger partial charge in [0.25, 0.3) is 0 Å². The summed E-state index contributed by atoms with van der Waals surface area (Å²) in [5.41, 5.74) is 1.64. The van der Waals surface area contributed by atoms with Crippen LogP contribution in [0, 0.1) is 0 Å². The molecule has 5 nitrogen and oxygen atoms in total. The number of ether oxygens (including phenoxy) is 1. The molecule has 0 radical (unpaired) electrons. The molecular formula is C16H14N2O3S. The van der Waals surface area contributed by atoms with Crippen LogP contribution in [0.3, 0.4) is 0 Å². The van der Waals surface area contributed by atoms with E-state index in [2.05, 4.69) is 10.3 Å². The molecular weight excluding hydrogens is 300 g/mol. The number of amides is 1. The van der Waals surface area contributed by atoms with Crippen molar-refractivity contribution in [3.8, 4) is 17.2 Å². The Balaban J connectivity index is 1.61. The molecule has 0 spiro atoms. The maximum atomic E-state index is 12.0. The van der Waals surface area contributed by atoms with Gasteiger partial charge in [-0.05, 0) is 29.8 Å². The standard InChI is InChI=1S/C16H14N2O3S/c1-20-12-6-4-11(5-7-12)9-15(19)18-16-17-13(10-22-16)14-3-2-8-21-14/h2-8,10H,9H2,1H3,(H,17,18,19). The fraction of sp³-hybridized carbons (Fsp3) is 0.125. The minimum Gasteiger partial charge on any atom is -0.497 e. The van der Waals surface area contributed by atoms with E-state index in [9.17, 15) is 4.79 Å². The van der Waals surface area contributed by atoms with E-state index < -0.39 is 0 Å². The van der Waals surface area contributed by atoms with E-state index in [0.717, 1.165) is 17.0 Å². The van der Waals surface area contributed by atoms with Gasteiger partial charge < -0.3 is 14.5 Å². The van der Waals surface area contributed by atoms with Crippen LogP contribution in [0.5, 0.6) is 5.75 Å². The number of anilines is 1. The van der Waals surface area contributed by atoms with Gasteiger partial charge in [-0.25, -0.2) is 4.98 Å². The molecule has 1 amide bonds. The van der Waals surface area contributed by atoms with E-state index in [-0.39, 0.29) is 5.91 Å². The second-order valence-corrected chi connectivity index (χ2v) is 5.45. The van der Waals surface area contributed by atoms with Crippen molar-refractivity contribution in [3.05, 3.63) is 53.6 Å². The largest absolute Gasteiger partial charge is 0.497 e. The van der Waals surface area contributed by atoms with Crippen LogP contribution in [0.15, 0.2) is 52.5 Å². The molecule has 2 heterocycles. The maximum Gasteiger partial charge on any atom is 0.230 e. The first-order valence-electron chi connectivity index (χ1n) is 6.67. The first kappa shape index (κ1) is 14.3. The molecule has 3 aromatic rings. The molecule has 6 heteroatoms. The lowest BCUT2D eigenvalue weighted by Gasteiger charge is -2.03. The summed E-state index contributed by atoms with van der Waals surface area (Å²) in [5, 5.41) is 5.21.